The molecule has 2 aromatic rings. The van der Waals surface area contributed by atoms with Gasteiger partial charge in [-0.3, -0.25) is 4.79 Å². The number of imidazole rings is 1. The number of ketones is 1. The fourth-order valence-corrected chi connectivity index (χ4v) is 1.86. The van der Waals surface area contributed by atoms with Crippen LogP contribution in [-0.4, -0.2) is 15.3 Å². The first-order chi connectivity index (χ1) is 9.99. The molecule has 0 aliphatic heterocycles. The lowest BCUT2D eigenvalue weighted by atomic mass is 10.0. The van der Waals surface area contributed by atoms with Crippen LogP contribution in [0.2, 0.25) is 0 Å². The number of Topliss-reactive ketones (excluding diaryl/α,β-unsaturated/α-hetero) is 1. The number of hydrogen-bond donors (Lipinski definition) is 0. The molecule has 7 heteroatoms. The lowest BCUT2D eigenvalue weighted by Gasteiger charge is -2.13. The van der Waals surface area contributed by atoms with Crippen molar-refractivity contribution in [1.29, 1.82) is 10.5 Å². The summed E-state index contributed by atoms with van der Waals surface area (Å²) in [7, 11) is 0. The van der Waals surface area contributed by atoms with Crippen LogP contribution in [0.4, 0.5) is 8.78 Å². The van der Waals surface area contributed by atoms with E-state index in [2.05, 4.69) is 4.98 Å². The molecule has 0 spiro atoms. The van der Waals surface area contributed by atoms with E-state index in [9.17, 15) is 13.6 Å². The van der Waals surface area contributed by atoms with Crippen LogP contribution in [0.25, 0.3) is 0 Å². The molecule has 0 radical (unpaired) electrons. The fourth-order valence-electron chi connectivity index (χ4n) is 1.86. The third kappa shape index (κ3) is 2.49. The number of nitriles is 2. The van der Waals surface area contributed by atoms with Gasteiger partial charge in [-0.2, -0.15) is 10.5 Å². The minimum Gasteiger partial charge on any atom is -0.310 e. The molecule has 0 saturated carbocycles. The van der Waals surface area contributed by atoms with Gasteiger partial charge in [0.15, 0.2) is 28.8 Å². The Morgan fingerprint density at radius 2 is 2.00 bits per heavy atom. The molecule has 1 heterocycles. The predicted molar refractivity (Wildman–Crippen MR) is 67.1 cm³/mol. The Labute approximate surface area is 118 Å². The number of carbonyl (C=O) groups excluding carboxylic acids is 1. The Morgan fingerprint density at radius 1 is 1.29 bits per heavy atom. The molecule has 104 valence electrons. The first-order valence-corrected chi connectivity index (χ1v) is 5.86. The highest BCUT2D eigenvalue weighted by Crippen LogP contribution is 2.19. The molecule has 0 bridgehead atoms. The van der Waals surface area contributed by atoms with E-state index in [4.69, 9.17) is 10.5 Å². The maximum absolute atomic E-state index is 13.2. The second-order valence-electron chi connectivity index (χ2n) is 4.24. The Bertz CT molecular complexity index is 798. The van der Waals surface area contributed by atoms with Crippen LogP contribution in [0.5, 0.6) is 0 Å². The van der Waals surface area contributed by atoms with Crippen LogP contribution in [0.3, 0.4) is 0 Å². The number of benzene rings is 1. The molecule has 5 nitrogen and oxygen atoms in total. The largest absolute Gasteiger partial charge is 0.310 e. The summed E-state index contributed by atoms with van der Waals surface area (Å²) in [5.41, 5.74) is -0.180. The van der Waals surface area contributed by atoms with Crippen molar-refractivity contribution < 1.29 is 13.6 Å². The zero-order chi connectivity index (χ0) is 15.6. The van der Waals surface area contributed by atoms with Crippen molar-refractivity contribution in [3.05, 3.63) is 53.1 Å². The van der Waals surface area contributed by atoms with E-state index in [1.807, 2.05) is 0 Å². The molecule has 1 aromatic carbocycles. The molecule has 0 N–H and O–H groups in total. The number of hydrogen-bond acceptors (Lipinski definition) is 4. The Hall–Kier alpha value is -3.06. The van der Waals surface area contributed by atoms with Crippen molar-refractivity contribution in [2.24, 2.45) is 0 Å². The zero-order valence-electron chi connectivity index (χ0n) is 10.8. The van der Waals surface area contributed by atoms with Crippen molar-refractivity contribution in [2.75, 3.05) is 0 Å². The summed E-state index contributed by atoms with van der Waals surface area (Å²) in [5, 5.41) is 17.8. The number of carbonyl (C=O) groups is 1. The summed E-state index contributed by atoms with van der Waals surface area (Å²) < 4.78 is 27.3. The number of aromatic nitrogens is 2. The maximum atomic E-state index is 13.2. The van der Waals surface area contributed by atoms with Gasteiger partial charge in [0.25, 0.3) is 0 Å². The van der Waals surface area contributed by atoms with Gasteiger partial charge in [0.1, 0.15) is 12.1 Å². The topological polar surface area (TPSA) is 82.5 Å². The van der Waals surface area contributed by atoms with Gasteiger partial charge >= 0.3 is 0 Å². The van der Waals surface area contributed by atoms with Crippen molar-refractivity contribution >= 4 is 5.78 Å². The molecule has 1 atom stereocenters. The Balaban J connectivity index is 2.40. The van der Waals surface area contributed by atoms with Crippen LogP contribution in [0.1, 0.15) is 34.7 Å². The molecule has 0 fully saturated rings. The molecule has 0 aliphatic carbocycles. The van der Waals surface area contributed by atoms with Gasteiger partial charge in [0, 0.05) is 5.56 Å². The molecule has 0 aliphatic rings. The van der Waals surface area contributed by atoms with Gasteiger partial charge in [0.05, 0.1) is 12.4 Å². The lowest BCUT2D eigenvalue weighted by Crippen LogP contribution is -2.17. The van der Waals surface area contributed by atoms with Crippen LogP contribution >= 0.6 is 0 Å². The summed E-state index contributed by atoms with van der Waals surface area (Å²) in [4.78, 5) is 16.0. The number of halogens is 2. The van der Waals surface area contributed by atoms with Gasteiger partial charge in [-0.1, -0.05) is 0 Å². The first-order valence-electron chi connectivity index (χ1n) is 5.86. The average molecular weight is 286 g/mol. The molecular formula is C14H8F2N4O. The van der Waals surface area contributed by atoms with E-state index in [-0.39, 0.29) is 17.0 Å². The van der Waals surface area contributed by atoms with E-state index in [1.54, 1.807) is 12.1 Å². The summed E-state index contributed by atoms with van der Waals surface area (Å²) in [6, 6.07) is 5.47. The van der Waals surface area contributed by atoms with Crippen LogP contribution < -0.4 is 0 Å². The second-order valence-corrected chi connectivity index (χ2v) is 4.24. The third-order valence-corrected chi connectivity index (χ3v) is 3.01. The van der Waals surface area contributed by atoms with E-state index in [0.29, 0.717) is 0 Å². The van der Waals surface area contributed by atoms with Crippen molar-refractivity contribution in [1.82, 2.24) is 9.55 Å². The van der Waals surface area contributed by atoms with Crippen LogP contribution in [0.15, 0.2) is 24.5 Å². The smallest absolute Gasteiger partial charge is 0.185 e. The van der Waals surface area contributed by atoms with Crippen molar-refractivity contribution in [3.8, 4) is 12.1 Å². The summed E-state index contributed by atoms with van der Waals surface area (Å²) >= 11 is 0. The first kappa shape index (κ1) is 14.4. The average Bonchev–Trinajstić information content (AvgIpc) is 2.91. The predicted octanol–water partition coefficient (Wildman–Crippen LogP) is 2.35. The maximum Gasteiger partial charge on any atom is 0.185 e. The SMILES string of the molecule is CC(C(=O)c1ccc(F)c(F)c1)n1cnc(C#N)c1C#N. The van der Waals surface area contributed by atoms with Gasteiger partial charge in [-0.25, -0.2) is 13.8 Å². The van der Waals surface area contributed by atoms with E-state index < -0.39 is 23.5 Å². The van der Waals surface area contributed by atoms with Gasteiger partial charge in [-0.05, 0) is 25.1 Å². The van der Waals surface area contributed by atoms with E-state index in [0.717, 1.165) is 18.2 Å². The minimum absolute atomic E-state index is 0.0301. The van der Waals surface area contributed by atoms with E-state index >= 15 is 0 Å². The highest BCUT2D eigenvalue weighted by Gasteiger charge is 2.22. The van der Waals surface area contributed by atoms with Crippen molar-refractivity contribution in [2.45, 2.75) is 13.0 Å². The van der Waals surface area contributed by atoms with Crippen LogP contribution in [-0.2, 0) is 0 Å². The van der Waals surface area contributed by atoms with Gasteiger partial charge < -0.3 is 4.57 Å². The van der Waals surface area contributed by atoms with E-state index in [1.165, 1.54) is 17.8 Å². The zero-order valence-corrected chi connectivity index (χ0v) is 10.8. The van der Waals surface area contributed by atoms with Crippen molar-refractivity contribution in [3.63, 3.8) is 0 Å². The minimum atomic E-state index is -1.13. The van der Waals surface area contributed by atoms with Crippen LogP contribution in [0, 0.1) is 34.3 Å². The summed E-state index contributed by atoms with van der Waals surface area (Å²) in [5.74, 6) is -2.70. The van der Waals surface area contributed by atoms with Gasteiger partial charge in [0.2, 0.25) is 0 Å². The summed E-state index contributed by atoms with van der Waals surface area (Å²) in [6.45, 7) is 1.48. The highest BCUT2D eigenvalue weighted by atomic mass is 19.2. The highest BCUT2D eigenvalue weighted by molar-refractivity contribution is 5.98. The molecular weight excluding hydrogens is 278 g/mol. The standard InChI is InChI=1S/C14H8F2N4O/c1-8(20-7-19-12(5-17)13(20)6-18)14(21)9-2-3-10(15)11(16)4-9/h2-4,7-8H,1H3. The second kappa shape index (κ2) is 5.51. The lowest BCUT2D eigenvalue weighted by molar-refractivity contribution is 0.0934. The molecule has 1 unspecified atom stereocenters. The normalized spacial score (nSPS) is 11.5. The fraction of sp³-hybridized carbons (Fsp3) is 0.143. The Morgan fingerprint density at radius 3 is 2.57 bits per heavy atom. The summed E-state index contributed by atoms with van der Waals surface area (Å²) in [6.07, 6.45) is 1.19. The molecule has 1 aromatic heterocycles. The molecule has 0 amide bonds. The number of nitrogens with zero attached hydrogens (tertiary/aromatic N) is 4. The molecule has 21 heavy (non-hydrogen) atoms. The van der Waals surface area contributed by atoms with Gasteiger partial charge in [-0.15, -0.1) is 0 Å². The monoisotopic (exact) mass is 286 g/mol. The Kier molecular flexibility index (Phi) is 3.77. The molecule has 2 rings (SSSR count). The quantitative estimate of drug-likeness (QED) is 0.811. The number of rotatable bonds is 3. The molecule has 0 saturated heterocycles. The third-order valence-electron chi connectivity index (χ3n) is 3.01.